The molecule has 16 heavy (non-hydrogen) atoms. The molecular formula is C13H15NO2. The molecule has 3 heteroatoms. The fraction of sp³-hybridized carbons (Fsp3) is 0.308. The molecule has 0 saturated carbocycles. The maximum atomic E-state index is 11.0. The van der Waals surface area contributed by atoms with E-state index in [4.69, 9.17) is 11.5 Å². The molecule has 1 aromatic carbocycles. The minimum atomic E-state index is -0.860. The summed E-state index contributed by atoms with van der Waals surface area (Å²) in [5.41, 5.74) is 1.47. The molecule has 84 valence electrons. The fourth-order valence-electron chi connectivity index (χ4n) is 1.39. The van der Waals surface area contributed by atoms with Crippen molar-refractivity contribution in [2.75, 3.05) is 5.32 Å². The lowest BCUT2D eigenvalue weighted by molar-refractivity contribution is -0.138. The highest BCUT2D eigenvalue weighted by molar-refractivity contribution is 5.77. The first-order valence-corrected chi connectivity index (χ1v) is 5.10. The zero-order chi connectivity index (χ0) is 12.1. The van der Waals surface area contributed by atoms with Crippen molar-refractivity contribution in [2.24, 2.45) is 5.92 Å². The van der Waals surface area contributed by atoms with Gasteiger partial charge in [-0.2, -0.15) is 0 Å². The van der Waals surface area contributed by atoms with Gasteiger partial charge in [0, 0.05) is 11.3 Å². The Bertz CT molecular complexity index is 418. The number of benzene rings is 1. The van der Waals surface area contributed by atoms with Gasteiger partial charge in [-0.25, -0.2) is 4.79 Å². The second-order valence-corrected chi connectivity index (χ2v) is 3.93. The molecular weight excluding hydrogens is 202 g/mol. The zero-order valence-corrected chi connectivity index (χ0v) is 9.40. The molecule has 1 unspecified atom stereocenters. The van der Waals surface area contributed by atoms with E-state index in [0.717, 1.165) is 11.3 Å². The molecule has 0 aromatic heterocycles. The minimum Gasteiger partial charge on any atom is -0.480 e. The normalized spacial score (nSPS) is 11.9. The molecule has 2 N–H and O–H groups in total. The molecule has 0 amide bonds. The van der Waals surface area contributed by atoms with Crippen molar-refractivity contribution < 1.29 is 9.90 Å². The number of rotatable bonds is 4. The van der Waals surface area contributed by atoms with Crippen LogP contribution in [0.4, 0.5) is 5.69 Å². The van der Waals surface area contributed by atoms with E-state index in [2.05, 4.69) is 11.2 Å². The largest absolute Gasteiger partial charge is 0.480 e. The third-order valence-electron chi connectivity index (χ3n) is 2.28. The van der Waals surface area contributed by atoms with Crippen molar-refractivity contribution in [3.05, 3.63) is 29.8 Å². The van der Waals surface area contributed by atoms with Gasteiger partial charge in [-0.3, -0.25) is 0 Å². The number of carboxylic acids is 1. The van der Waals surface area contributed by atoms with E-state index in [1.807, 2.05) is 13.8 Å². The first-order chi connectivity index (χ1) is 7.54. The van der Waals surface area contributed by atoms with Crippen molar-refractivity contribution >= 4 is 11.7 Å². The molecule has 0 saturated heterocycles. The molecule has 3 nitrogen and oxygen atoms in total. The maximum absolute atomic E-state index is 11.0. The average Bonchev–Trinajstić information content (AvgIpc) is 2.25. The molecule has 0 spiro atoms. The zero-order valence-electron chi connectivity index (χ0n) is 9.40. The van der Waals surface area contributed by atoms with Crippen LogP contribution in [0, 0.1) is 18.3 Å². The van der Waals surface area contributed by atoms with Crippen LogP contribution in [0.2, 0.25) is 0 Å². The summed E-state index contributed by atoms with van der Waals surface area (Å²) in [6, 6.07) is 6.57. The molecule has 1 atom stereocenters. The van der Waals surface area contributed by atoms with Crippen LogP contribution in [0.3, 0.4) is 0 Å². The Balaban J connectivity index is 2.86. The van der Waals surface area contributed by atoms with E-state index in [-0.39, 0.29) is 5.92 Å². The van der Waals surface area contributed by atoms with Gasteiger partial charge in [-0.1, -0.05) is 25.8 Å². The molecule has 0 bridgehead atoms. The number of hydrogen-bond donors (Lipinski definition) is 2. The molecule has 1 aromatic rings. The summed E-state index contributed by atoms with van der Waals surface area (Å²) >= 11 is 0. The molecule has 0 fully saturated rings. The highest BCUT2D eigenvalue weighted by Crippen LogP contribution is 2.14. The monoisotopic (exact) mass is 217 g/mol. The van der Waals surface area contributed by atoms with Gasteiger partial charge >= 0.3 is 5.97 Å². The van der Waals surface area contributed by atoms with Crippen molar-refractivity contribution in [3.63, 3.8) is 0 Å². The predicted molar refractivity (Wildman–Crippen MR) is 64.3 cm³/mol. The summed E-state index contributed by atoms with van der Waals surface area (Å²) in [7, 11) is 0. The second kappa shape index (κ2) is 5.22. The Labute approximate surface area is 95.5 Å². The summed E-state index contributed by atoms with van der Waals surface area (Å²) < 4.78 is 0. The summed E-state index contributed by atoms with van der Waals surface area (Å²) in [5.74, 6) is 1.66. The van der Waals surface area contributed by atoms with Crippen molar-refractivity contribution in [1.29, 1.82) is 0 Å². The van der Waals surface area contributed by atoms with E-state index in [0.29, 0.717) is 0 Å². The van der Waals surface area contributed by atoms with Crippen LogP contribution in [0.5, 0.6) is 0 Å². The number of hydrogen-bond acceptors (Lipinski definition) is 2. The van der Waals surface area contributed by atoms with Gasteiger partial charge in [-0.05, 0) is 24.1 Å². The van der Waals surface area contributed by atoms with Crippen LogP contribution in [0.15, 0.2) is 24.3 Å². The lowest BCUT2D eigenvalue weighted by Gasteiger charge is -2.19. The van der Waals surface area contributed by atoms with Crippen LogP contribution < -0.4 is 5.32 Å². The Morgan fingerprint density at radius 3 is 2.69 bits per heavy atom. The summed E-state index contributed by atoms with van der Waals surface area (Å²) in [6.45, 7) is 3.72. The van der Waals surface area contributed by atoms with Gasteiger partial charge in [0.05, 0.1) is 0 Å². The molecule has 0 radical (unpaired) electrons. The molecule has 0 aliphatic heterocycles. The highest BCUT2D eigenvalue weighted by Gasteiger charge is 2.20. The summed E-state index contributed by atoms with van der Waals surface area (Å²) in [6.07, 6.45) is 5.28. The molecule has 0 aliphatic rings. The molecule has 1 rings (SSSR count). The van der Waals surface area contributed by atoms with Crippen molar-refractivity contribution in [3.8, 4) is 12.3 Å². The first kappa shape index (κ1) is 12.1. The van der Waals surface area contributed by atoms with Crippen LogP contribution in [0.25, 0.3) is 0 Å². The van der Waals surface area contributed by atoms with Gasteiger partial charge in [-0.15, -0.1) is 6.42 Å². The first-order valence-electron chi connectivity index (χ1n) is 5.10. The highest BCUT2D eigenvalue weighted by atomic mass is 16.4. The molecule has 0 heterocycles. The number of aliphatic carboxylic acids is 1. The van der Waals surface area contributed by atoms with Gasteiger partial charge in [0.1, 0.15) is 6.04 Å². The van der Waals surface area contributed by atoms with E-state index < -0.39 is 12.0 Å². The predicted octanol–water partition coefficient (Wildman–Crippen LogP) is 2.19. The van der Waals surface area contributed by atoms with E-state index >= 15 is 0 Å². The van der Waals surface area contributed by atoms with Crippen molar-refractivity contribution in [2.45, 2.75) is 19.9 Å². The van der Waals surface area contributed by atoms with Crippen LogP contribution >= 0.6 is 0 Å². The third-order valence-corrected chi connectivity index (χ3v) is 2.28. The van der Waals surface area contributed by atoms with Crippen LogP contribution in [-0.2, 0) is 4.79 Å². The van der Waals surface area contributed by atoms with Crippen LogP contribution in [-0.4, -0.2) is 17.1 Å². The topological polar surface area (TPSA) is 49.3 Å². The number of carbonyl (C=O) groups is 1. The van der Waals surface area contributed by atoms with Crippen molar-refractivity contribution in [1.82, 2.24) is 0 Å². The SMILES string of the molecule is C#Cc1cccc(NC(C(=O)O)C(C)C)c1. The number of terminal acetylenes is 1. The Morgan fingerprint density at radius 1 is 1.50 bits per heavy atom. The van der Waals surface area contributed by atoms with Gasteiger partial charge in [0.15, 0.2) is 0 Å². The van der Waals surface area contributed by atoms with E-state index in [1.54, 1.807) is 24.3 Å². The van der Waals surface area contributed by atoms with Gasteiger partial charge in [0.2, 0.25) is 0 Å². The Hall–Kier alpha value is -1.95. The summed E-state index contributed by atoms with van der Waals surface area (Å²) in [4.78, 5) is 11.0. The minimum absolute atomic E-state index is 0.00647. The number of nitrogens with one attached hydrogen (secondary N) is 1. The second-order valence-electron chi connectivity index (χ2n) is 3.93. The lowest BCUT2D eigenvalue weighted by Crippen LogP contribution is -2.34. The summed E-state index contributed by atoms with van der Waals surface area (Å²) in [5, 5.41) is 12.0. The number of anilines is 1. The van der Waals surface area contributed by atoms with E-state index in [1.165, 1.54) is 0 Å². The fourth-order valence-corrected chi connectivity index (χ4v) is 1.39. The van der Waals surface area contributed by atoms with Gasteiger partial charge in [0.25, 0.3) is 0 Å². The van der Waals surface area contributed by atoms with Crippen LogP contribution in [0.1, 0.15) is 19.4 Å². The Kier molecular flexibility index (Phi) is 3.96. The average molecular weight is 217 g/mol. The van der Waals surface area contributed by atoms with Gasteiger partial charge < -0.3 is 10.4 Å². The smallest absolute Gasteiger partial charge is 0.326 e. The Morgan fingerprint density at radius 2 is 2.19 bits per heavy atom. The molecule has 0 aliphatic carbocycles. The van der Waals surface area contributed by atoms with E-state index in [9.17, 15) is 4.79 Å². The lowest BCUT2D eigenvalue weighted by atomic mass is 10.0. The standard InChI is InChI=1S/C13H15NO2/c1-4-10-6-5-7-11(8-10)14-12(9(2)3)13(15)16/h1,5-9,12,14H,2-3H3,(H,15,16). The number of carboxylic acid groups (broad SMARTS) is 1. The quantitative estimate of drug-likeness (QED) is 0.760. The third kappa shape index (κ3) is 3.03. The maximum Gasteiger partial charge on any atom is 0.326 e.